The van der Waals surface area contributed by atoms with Crippen molar-refractivity contribution in [2.24, 2.45) is 0 Å². The maximum absolute atomic E-state index is 12.4. The van der Waals surface area contributed by atoms with Crippen molar-refractivity contribution in [3.05, 3.63) is 63.9 Å². The van der Waals surface area contributed by atoms with Gasteiger partial charge in [0, 0.05) is 31.3 Å². The smallest absolute Gasteiger partial charge is 0.326 e. The van der Waals surface area contributed by atoms with E-state index in [1.807, 2.05) is 6.07 Å². The number of carbonyl (C=O) groups excluding carboxylic acids is 2. The van der Waals surface area contributed by atoms with E-state index in [1.165, 1.54) is 7.05 Å². The van der Waals surface area contributed by atoms with Gasteiger partial charge in [0.15, 0.2) is 0 Å². The first-order valence-electron chi connectivity index (χ1n) is 10.1. The van der Waals surface area contributed by atoms with Crippen LogP contribution in [0.3, 0.4) is 0 Å². The molecule has 172 valence electrons. The molecule has 0 radical (unpaired) electrons. The van der Waals surface area contributed by atoms with E-state index >= 15 is 0 Å². The molecule has 1 aromatic heterocycles. The number of hydrogen-bond donors (Lipinski definition) is 6. The number of nitrogens with zero attached hydrogens (tertiary/aromatic N) is 1. The maximum Gasteiger partial charge on any atom is 0.326 e. The highest BCUT2D eigenvalue weighted by Crippen LogP contribution is 2.15. The number of anilines is 2. The van der Waals surface area contributed by atoms with Crippen molar-refractivity contribution >= 4 is 40.3 Å². The van der Waals surface area contributed by atoms with E-state index in [9.17, 15) is 24.3 Å². The molecule has 7 N–H and O–H groups in total. The number of fused-ring (bicyclic) bond motifs is 1. The molecule has 0 spiro atoms. The summed E-state index contributed by atoms with van der Waals surface area (Å²) in [7, 11) is 1.46. The SMILES string of the molecule is CNC(=O)CCC(NC(=O)c1ccc(NCc2ccc3nc(N)[nH]c(=O)c3c2)cc1)C(=O)O. The van der Waals surface area contributed by atoms with Crippen LogP contribution in [0.1, 0.15) is 28.8 Å². The number of rotatable bonds is 9. The Balaban J connectivity index is 1.61. The second kappa shape index (κ2) is 10.3. The normalized spacial score (nSPS) is 11.5. The zero-order valence-electron chi connectivity index (χ0n) is 17.8. The highest BCUT2D eigenvalue weighted by atomic mass is 16.4. The first-order valence-corrected chi connectivity index (χ1v) is 10.1. The number of H-pyrrole nitrogens is 1. The third kappa shape index (κ3) is 6.06. The lowest BCUT2D eigenvalue weighted by molar-refractivity contribution is -0.139. The van der Waals surface area contributed by atoms with E-state index in [1.54, 1.807) is 36.4 Å². The zero-order valence-corrected chi connectivity index (χ0v) is 17.8. The van der Waals surface area contributed by atoms with Crippen molar-refractivity contribution in [3.63, 3.8) is 0 Å². The first-order chi connectivity index (χ1) is 15.8. The molecule has 0 aliphatic heterocycles. The number of nitrogens with two attached hydrogens (primary N) is 1. The number of nitrogen functional groups attached to an aromatic ring is 1. The van der Waals surface area contributed by atoms with Gasteiger partial charge in [-0.2, -0.15) is 0 Å². The number of hydrogen-bond acceptors (Lipinski definition) is 7. The Morgan fingerprint density at radius 2 is 1.88 bits per heavy atom. The number of amides is 2. The van der Waals surface area contributed by atoms with Gasteiger partial charge in [-0.3, -0.25) is 19.4 Å². The number of nitrogens with one attached hydrogen (secondary N) is 4. The highest BCUT2D eigenvalue weighted by molar-refractivity contribution is 5.97. The van der Waals surface area contributed by atoms with Crippen LogP contribution in [-0.4, -0.2) is 45.9 Å². The molecule has 1 unspecified atom stereocenters. The molecule has 0 bridgehead atoms. The average Bonchev–Trinajstić information content (AvgIpc) is 2.80. The van der Waals surface area contributed by atoms with Crippen LogP contribution in [0, 0.1) is 0 Å². The molecule has 0 aliphatic rings. The fourth-order valence-electron chi connectivity index (χ4n) is 3.16. The summed E-state index contributed by atoms with van der Waals surface area (Å²) in [5.41, 5.74) is 7.60. The van der Waals surface area contributed by atoms with E-state index in [4.69, 9.17) is 5.73 Å². The first kappa shape index (κ1) is 23.3. The van der Waals surface area contributed by atoms with Gasteiger partial charge in [0.25, 0.3) is 11.5 Å². The fourth-order valence-corrected chi connectivity index (χ4v) is 3.16. The van der Waals surface area contributed by atoms with Crippen LogP contribution in [0.2, 0.25) is 0 Å². The molecule has 2 aromatic carbocycles. The second-order valence-corrected chi connectivity index (χ2v) is 7.31. The van der Waals surface area contributed by atoms with Gasteiger partial charge in [0.05, 0.1) is 10.9 Å². The van der Waals surface area contributed by atoms with E-state index < -0.39 is 17.9 Å². The summed E-state index contributed by atoms with van der Waals surface area (Å²) in [6.07, 6.45) is -0.0300. The summed E-state index contributed by atoms with van der Waals surface area (Å²) in [6.45, 7) is 0.423. The summed E-state index contributed by atoms with van der Waals surface area (Å²) in [5, 5.41) is 17.7. The Hall–Kier alpha value is -4.41. The molecule has 2 amide bonds. The van der Waals surface area contributed by atoms with Gasteiger partial charge in [-0.25, -0.2) is 9.78 Å². The van der Waals surface area contributed by atoms with Gasteiger partial charge in [0.1, 0.15) is 6.04 Å². The average molecular weight is 452 g/mol. The van der Waals surface area contributed by atoms with E-state index in [0.29, 0.717) is 17.4 Å². The minimum absolute atomic E-state index is 0.0132. The van der Waals surface area contributed by atoms with Gasteiger partial charge in [-0.1, -0.05) is 6.07 Å². The van der Waals surface area contributed by atoms with Crippen LogP contribution in [0.25, 0.3) is 10.9 Å². The molecule has 3 aromatic rings. The predicted octanol–water partition coefficient (Wildman–Crippen LogP) is 0.827. The van der Waals surface area contributed by atoms with Crippen LogP contribution in [-0.2, 0) is 16.1 Å². The molecule has 1 heterocycles. The Morgan fingerprint density at radius 1 is 1.15 bits per heavy atom. The number of aromatic amines is 1. The molecule has 11 heteroatoms. The lowest BCUT2D eigenvalue weighted by atomic mass is 10.1. The van der Waals surface area contributed by atoms with E-state index in [0.717, 1.165) is 11.3 Å². The van der Waals surface area contributed by atoms with E-state index in [2.05, 4.69) is 25.9 Å². The van der Waals surface area contributed by atoms with Crippen LogP contribution in [0.5, 0.6) is 0 Å². The molecule has 3 rings (SSSR count). The van der Waals surface area contributed by atoms with Gasteiger partial charge in [-0.05, 0) is 48.4 Å². The summed E-state index contributed by atoms with van der Waals surface area (Å²) >= 11 is 0. The summed E-state index contributed by atoms with van der Waals surface area (Å²) in [4.78, 5) is 53.7. The number of carboxylic acid groups (broad SMARTS) is 1. The lowest BCUT2D eigenvalue weighted by Gasteiger charge is -2.14. The summed E-state index contributed by atoms with van der Waals surface area (Å²) < 4.78 is 0. The van der Waals surface area contributed by atoms with Crippen LogP contribution in [0.4, 0.5) is 11.6 Å². The van der Waals surface area contributed by atoms with Gasteiger partial charge >= 0.3 is 5.97 Å². The maximum atomic E-state index is 12.4. The van der Waals surface area contributed by atoms with E-state index in [-0.39, 0.29) is 35.8 Å². The highest BCUT2D eigenvalue weighted by Gasteiger charge is 2.21. The molecule has 0 aliphatic carbocycles. The van der Waals surface area contributed by atoms with Gasteiger partial charge in [0.2, 0.25) is 11.9 Å². The van der Waals surface area contributed by atoms with Crippen LogP contribution < -0.4 is 27.2 Å². The fraction of sp³-hybridized carbons (Fsp3) is 0.227. The largest absolute Gasteiger partial charge is 0.480 e. The quantitative estimate of drug-likeness (QED) is 0.276. The Kier molecular flexibility index (Phi) is 7.24. The van der Waals surface area contributed by atoms with Crippen molar-refractivity contribution in [1.82, 2.24) is 20.6 Å². The summed E-state index contributed by atoms with van der Waals surface area (Å²) in [5.74, 6) is -2.00. The number of carbonyl (C=O) groups is 3. The van der Waals surface area contributed by atoms with Crippen LogP contribution >= 0.6 is 0 Å². The Labute approximate surface area is 188 Å². The van der Waals surface area contributed by atoms with Gasteiger partial charge in [-0.15, -0.1) is 0 Å². The lowest BCUT2D eigenvalue weighted by Crippen LogP contribution is -2.41. The predicted molar refractivity (Wildman–Crippen MR) is 123 cm³/mol. The molecular formula is C22H24N6O5. The molecular weight excluding hydrogens is 428 g/mol. The molecule has 33 heavy (non-hydrogen) atoms. The Bertz CT molecular complexity index is 1240. The molecule has 11 nitrogen and oxygen atoms in total. The van der Waals surface area contributed by atoms with Crippen molar-refractivity contribution in [2.45, 2.75) is 25.4 Å². The zero-order chi connectivity index (χ0) is 24.0. The minimum Gasteiger partial charge on any atom is -0.480 e. The molecule has 0 saturated heterocycles. The molecule has 0 saturated carbocycles. The summed E-state index contributed by atoms with van der Waals surface area (Å²) in [6, 6.07) is 10.6. The van der Waals surface area contributed by atoms with Crippen molar-refractivity contribution in [1.29, 1.82) is 0 Å². The molecule has 0 fully saturated rings. The number of aliphatic carboxylic acids is 1. The number of benzene rings is 2. The molecule has 1 atom stereocenters. The number of carboxylic acids is 1. The third-order valence-corrected chi connectivity index (χ3v) is 4.97. The number of aromatic nitrogens is 2. The Morgan fingerprint density at radius 3 is 2.55 bits per heavy atom. The topological polar surface area (TPSA) is 179 Å². The monoisotopic (exact) mass is 452 g/mol. The second-order valence-electron chi connectivity index (χ2n) is 7.31. The van der Waals surface area contributed by atoms with Crippen LogP contribution in [0.15, 0.2) is 47.3 Å². The van der Waals surface area contributed by atoms with Crippen molar-refractivity contribution in [2.75, 3.05) is 18.1 Å². The van der Waals surface area contributed by atoms with Crippen molar-refractivity contribution in [3.8, 4) is 0 Å². The van der Waals surface area contributed by atoms with Gasteiger partial charge < -0.3 is 26.8 Å². The van der Waals surface area contributed by atoms with Crippen molar-refractivity contribution < 1.29 is 19.5 Å². The minimum atomic E-state index is -1.21. The third-order valence-electron chi connectivity index (χ3n) is 4.97. The standard InChI is InChI=1S/C22H24N6O5/c1-24-18(29)9-8-17(21(32)33)26-19(30)13-3-5-14(6-4-13)25-11-12-2-7-16-15(10-12)20(31)28-22(23)27-16/h2-7,10,17,25H,8-9,11H2,1H3,(H,24,29)(H,26,30)(H,32,33)(H3,23,27,28,31).